The van der Waals surface area contributed by atoms with Crippen molar-refractivity contribution in [2.24, 2.45) is 0 Å². The van der Waals surface area contributed by atoms with Crippen molar-refractivity contribution >= 4 is 15.8 Å². The minimum atomic E-state index is -3.58. The first kappa shape index (κ1) is 14.2. The smallest absolute Gasteiger partial charge is 0.335 e. The summed E-state index contributed by atoms with van der Waals surface area (Å²) in [5.41, 5.74) is 0.562. The second-order valence-corrected chi connectivity index (χ2v) is 6.20. The predicted octanol–water partition coefficient (Wildman–Crippen LogP) is 2.50. The van der Waals surface area contributed by atoms with Crippen LogP contribution in [0.3, 0.4) is 0 Å². The summed E-state index contributed by atoms with van der Waals surface area (Å²) in [4.78, 5) is 10.7. The number of carboxylic acid groups (broad SMARTS) is 1. The summed E-state index contributed by atoms with van der Waals surface area (Å²) in [6.45, 7) is 0. The van der Waals surface area contributed by atoms with Gasteiger partial charge in [-0.05, 0) is 42.0 Å². The van der Waals surface area contributed by atoms with E-state index in [2.05, 4.69) is 0 Å². The molecule has 0 aliphatic carbocycles. The summed E-state index contributed by atoms with van der Waals surface area (Å²) >= 11 is 0. The molecule has 0 heterocycles. The van der Waals surface area contributed by atoms with E-state index in [1.165, 1.54) is 36.4 Å². The maximum absolute atomic E-state index is 12.8. The molecule has 0 bridgehead atoms. The molecule has 2 aromatic carbocycles. The Labute approximate surface area is 115 Å². The average Bonchev–Trinajstić information content (AvgIpc) is 2.39. The summed E-state index contributed by atoms with van der Waals surface area (Å²) in [5, 5.41) is 8.76. The van der Waals surface area contributed by atoms with Gasteiger partial charge < -0.3 is 5.11 Å². The Bertz CT molecular complexity index is 719. The number of aromatic carboxylic acids is 1. The lowest BCUT2D eigenvalue weighted by atomic mass is 10.1. The molecule has 6 heteroatoms. The SMILES string of the molecule is O=C(O)c1ccc(CS(=O)(=O)c2ccc(F)cc2)cc1. The molecule has 0 aliphatic heterocycles. The number of hydrogen-bond donors (Lipinski definition) is 1. The van der Waals surface area contributed by atoms with Crippen molar-refractivity contribution in [1.29, 1.82) is 0 Å². The lowest BCUT2D eigenvalue weighted by Crippen LogP contribution is -2.05. The molecule has 0 spiro atoms. The van der Waals surface area contributed by atoms with Crippen molar-refractivity contribution in [3.63, 3.8) is 0 Å². The van der Waals surface area contributed by atoms with E-state index in [9.17, 15) is 17.6 Å². The average molecular weight is 294 g/mol. The van der Waals surface area contributed by atoms with E-state index >= 15 is 0 Å². The Kier molecular flexibility index (Phi) is 3.85. The lowest BCUT2D eigenvalue weighted by molar-refractivity contribution is 0.0697. The Morgan fingerprint density at radius 1 is 1.00 bits per heavy atom. The zero-order chi connectivity index (χ0) is 14.8. The van der Waals surface area contributed by atoms with Gasteiger partial charge in [-0.3, -0.25) is 0 Å². The third-order valence-corrected chi connectivity index (χ3v) is 4.43. The fourth-order valence-corrected chi connectivity index (χ4v) is 3.04. The largest absolute Gasteiger partial charge is 0.478 e. The fourth-order valence-electron chi connectivity index (χ4n) is 1.69. The Balaban J connectivity index is 2.24. The van der Waals surface area contributed by atoms with Gasteiger partial charge in [0.15, 0.2) is 9.84 Å². The first-order valence-corrected chi connectivity index (χ1v) is 7.34. The van der Waals surface area contributed by atoms with Crippen LogP contribution in [0, 0.1) is 5.82 Å². The van der Waals surface area contributed by atoms with Gasteiger partial charge in [0.05, 0.1) is 16.2 Å². The first-order chi connectivity index (χ1) is 9.38. The van der Waals surface area contributed by atoms with Gasteiger partial charge in [-0.1, -0.05) is 12.1 Å². The second kappa shape index (κ2) is 5.42. The van der Waals surface area contributed by atoms with Crippen molar-refractivity contribution in [1.82, 2.24) is 0 Å². The molecule has 0 aromatic heterocycles. The molecular weight excluding hydrogens is 283 g/mol. The lowest BCUT2D eigenvalue weighted by Gasteiger charge is -2.05. The summed E-state index contributed by atoms with van der Waals surface area (Å²) in [6.07, 6.45) is 0. The third-order valence-electron chi connectivity index (χ3n) is 2.73. The molecule has 0 saturated carbocycles. The first-order valence-electron chi connectivity index (χ1n) is 5.69. The number of hydrogen-bond acceptors (Lipinski definition) is 3. The Morgan fingerprint density at radius 2 is 1.55 bits per heavy atom. The van der Waals surface area contributed by atoms with E-state index < -0.39 is 21.6 Å². The van der Waals surface area contributed by atoms with Gasteiger partial charge in [0.2, 0.25) is 0 Å². The van der Waals surface area contributed by atoms with Crippen LogP contribution in [0.1, 0.15) is 15.9 Å². The normalized spacial score (nSPS) is 11.2. The van der Waals surface area contributed by atoms with Crippen LogP contribution < -0.4 is 0 Å². The van der Waals surface area contributed by atoms with Gasteiger partial charge >= 0.3 is 5.97 Å². The molecule has 0 radical (unpaired) electrons. The standard InChI is InChI=1S/C14H11FO4S/c15-12-5-7-13(8-6-12)20(18,19)9-10-1-3-11(4-2-10)14(16)17/h1-8H,9H2,(H,16,17). The number of benzene rings is 2. The van der Waals surface area contributed by atoms with Crippen LogP contribution in [0.15, 0.2) is 53.4 Å². The Hall–Kier alpha value is -2.21. The van der Waals surface area contributed by atoms with E-state index in [1.807, 2.05) is 0 Å². The molecule has 4 nitrogen and oxygen atoms in total. The summed E-state index contributed by atoms with van der Waals surface area (Å²) < 4.78 is 37.0. The minimum Gasteiger partial charge on any atom is -0.478 e. The highest BCUT2D eigenvalue weighted by Gasteiger charge is 2.15. The molecule has 0 amide bonds. The van der Waals surface area contributed by atoms with E-state index in [-0.39, 0.29) is 16.2 Å². The summed E-state index contributed by atoms with van der Waals surface area (Å²) in [5.74, 6) is -1.84. The van der Waals surface area contributed by atoms with Crippen molar-refractivity contribution in [3.8, 4) is 0 Å². The summed E-state index contributed by atoms with van der Waals surface area (Å²) in [6, 6.07) is 10.2. The molecule has 20 heavy (non-hydrogen) atoms. The molecule has 0 saturated heterocycles. The van der Waals surface area contributed by atoms with Crippen LogP contribution >= 0.6 is 0 Å². The van der Waals surface area contributed by atoms with Crippen molar-refractivity contribution in [3.05, 3.63) is 65.5 Å². The third kappa shape index (κ3) is 3.21. The molecule has 1 N–H and O–H groups in total. The van der Waals surface area contributed by atoms with Crippen LogP contribution in [-0.2, 0) is 15.6 Å². The monoisotopic (exact) mass is 294 g/mol. The van der Waals surface area contributed by atoms with E-state index in [0.29, 0.717) is 5.56 Å². The molecule has 2 rings (SSSR count). The summed E-state index contributed by atoms with van der Waals surface area (Å²) in [7, 11) is -3.58. The molecular formula is C14H11FO4S. The highest BCUT2D eigenvalue weighted by molar-refractivity contribution is 7.90. The quantitative estimate of drug-likeness (QED) is 0.879. The number of rotatable bonds is 4. The highest BCUT2D eigenvalue weighted by atomic mass is 32.2. The second-order valence-electron chi connectivity index (χ2n) is 4.22. The van der Waals surface area contributed by atoms with Crippen LogP contribution in [0.4, 0.5) is 4.39 Å². The van der Waals surface area contributed by atoms with Gasteiger partial charge in [0.1, 0.15) is 5.82 Å². The number of halogens is 1. The Morgan fingerprint density at radius 3 is 2.05 bits per heavy atom. The van der Waals surface area contributed by atoms with E-state index in [0.717, 1.165) is 12.1 Å². The van der Waals surface area contributed by atoms with Gasteiger partial charge in [-0.2, -0.15) is 0 Å². The topological polar surface area (TPSA) is 71.4 Å². The van der Waals surface area contributed by atoms with Crippen LogP contribution in [-0.4, -0.2) is 19.5 Å². The highest BCUT2D eigenvalue weighted by Crippen LogP contribution is 2.17. The zero-order valence-electron chi connectivity index (χ0n) is 10.3. The molecule has 0 atom stereocenters. The van der Waals surface area contributed by atoms with Crippen molar-refractivity contribution in [2.75, 3.05) is 0 Å². The molecule has 0 fully saturated rings. The van der Waals surface area contributed by atoms with Crippen LogP contribution in [0.2, 0.25) is 0 Å². The van der Waals surface area contributed by atoms with Gasteiger partial charge in [0, 0.05) is 0 Å². The molecule has 104 valence electrons. The number of carbonyl (C=O) groups is 1. The minimum absolute atomic E-state index is 0.0289. The molecule has 0 aliphatic rings. The van der Waals surface area contributed by atoms with Gasteiger partial charge in [-0.15, -0.1) is 0 Å². The van der Waals surface area contributed by atoms with Crippen LogP contribution in [0.5, 0.6) is 0 Å². The maximum Gasteiger partial charge on any atom is 0.335 e. The van der Waals surface area contributed by atoms with E-state index in [1.54, 1.807) is 0 Å². The fraction of sp³-hybridized carbons (Fsp3) is 0.0714. The molecule has 0 unspecified atom stereocenters. The zero-order valence-corrected chi connectivity index (χ0v) is 11.1. The van der Waals surface area contributed by atoms with Crippen LogP contribution in [0.25, 0.3) is 0 Å². The number of carboxylic acids is 1. The van der Waals surface area contributed by atoms with Gasteiger partial charge in [0.25, 0.3) is 0 Å². The van der Waals surface area contributed by atoms with E-state index in [4.69, 9.17) is 5.11 Å². The number of sulfone groups is 1. The van der Waals surface area contributed by atoms with Crippen molar-refractivity contribution < 1.29 is 22.7 Å². The molecule has 2 aromatic rings. The van der Waals surface area contributed by atoms with Gasteiger partial charge in [-0.25, -0.2) is 17.6 Å². The maximum atomic E-state index is 12.8. The predicted molar refractivity (Wildman–Crippen MR) is 70.7 cm³/mol. The van der Waals surface area contributed by atoms with Crippen molar-refractivity contribution in [2.45, 2.75) is 10.6 Å².